The van der Waals surface area contributed by atoms with Crippen molar-refractivity contribution >= 4 is 46.6 Å². The van der Waals surface area contributed by atoms with Crippen molar-refractivity contribution in [3.8, 4) is 11.4 Å². The average molecular weight is 673 g/mol. The van der Waals surface area contributed by atoms with E-state index < -0.39 is 12.0 Å². The summed E-state index contributed by atoms with van der Waals surface area (Å²) in [5, 5.41) is 1.00. The Kier molecular flexibility index (Phi) is 9.04. The Labute approximate surface area is 280 Å². The number of hydrogen-bond donors (Lipinski definition) is 0. The lowest BCUT2D eigenvalue weighted by molar-refractivity contribution is -0.136. The molecule has 0 unspecified atom stereocenters. The van der Waals surface area contributed by atoms with Crippen LogP contribution in [-0.2, 0) is 16.1 Å². The van der Waals surface area contributed by atoms with Crippen LogP contribution in [0, 0.1) is 13.8 Å². The number of carbonyl (C=O) groups excluding carboxylic acids is 1. The molecule has 0 saturated heterocycles. The van der Waals surface area contributed by atoms with E-state index in [0.29, 0.717) is 43.7 Å². The Morgan fingerprint density at radius 2 is 1.74 bits per heavy atom. The van der Waals surface area contributed by atoms with Crippen molar-refractivity contribution < 1.29 is 14.3 Å². The number of ether oxygens (including phenoxy) is 2. The van der Waals surface area contributed by atoms with Crippen molar-refractivity contribution in [1.29, 1.82) is 0 Å². The summed E-state index contributed by atoms with van der Waals surface area (Å²) in [5.74, 6) is 0.238. The average Bonchev–Trinajstić information content (AvgIpc) is 3.53. The van der Waals surface area contributed by atoms with Crippen molar-refractivity contribution in [3.63, 3.8) is 0 Å². The maximum atomic E-state index is 14.0. The van der Waals surface area contributed by atoms with Crippen molar-refractivity contribution in [2.75, 3.05) is 7.11 Å². The molecular formula is C36H31Cl2N3O4S. The number of allylic oxidation sites excluding steroid dienone is 1. The zero-order chi connectivity index (χ0) is 32.5. The second-order valence-electron chi connectivity index (χ2n) is 10.9. The van der Waals surface area contributed by atoms with Crippen LogP contribution in [0.3, 0.4) is 0 Å². The SMILES string of the molecule is CCC1=C(C(=O)OC)[C@H](c2ccccc2)n2c(s/c(=C/c3cc(C)n(-c4ccc(OCc5ccc(Cl)c(Cl)c5)cc4)c3C)c2=O)=N1. The summed E-state index contributed by atoms with van der Waals surface area (Å²) in [6.45, 7) is 6.38. The number of nitrogens with zero attached hydrogens (tertiary/aromatic N) is 3. The molecule has 0 saturated carbocycles. The van der Waals surface area contributed by atoms with Gasteiger partial charge in [0, 0.05) is 17.1 Å². The molecule has 5 aromatic rings. The summed E-state index contributed by atoms with van der Waals surface area (Å²) in [6, 6.07) is 24.3. The number of hydrogen-bond acceptors (Lipinski definition) is 6. The van der Waals surface area contributed by atoms with E-state index in [9.17, 15) is 9.59 Å². The van der Waals surface area contributed by atoms with Crippen LogP contribution in [0.1, 0.15) is 47.5 Å². The molecule has 0 N–H and O–H groups in total. The number of benzene rings is 3. The molecule has 2 aromatic heterocycles. The van der Waals surface area contributed by atoms with E-state index in [1.54, 1.807) is 16.7 Å². The monoisotopic (exact) mass is 671 g/mol. The van der Waals surface area contributed by atoms with E-state index in [-0.39, 0.29) is 5.56 Å². The largest absolute Gasteiger partial charge is 0.489 e. The van der Waals surface area contributed by atoms with Gasteiger partial charge >= 0.3 is 5.97 Å². The predicted molar refractivity (Wildman–Crippen MR) is 183 cm³/mol. The molecule has 234 valence electrons. The fourth-order valence-electron chi connectivity index (χ4n) is 5.77. The first-order chi connectivity index (χ1) is 22.2. The molecule has 0 bridgehead atoms. The van der Waals surface area contributed by atoms with Gasteiger partial charge in [0.15, 0.2) is 4.80 Å². The summed E-state index contributed by atoms with van der Waals surface area (Å²) in [5.41, 5.74) is 6.43. The number of halogens is 2. The number of thiazole rings is 1. The molecule has 0 aliphatic carbocycles. The highest BCUT2D eigenvalue weighted by Gasteiger charge is 2.33. The number of aryl methyl sites for hydroxylation is 1. The van der Waals surface area contributed by atoms with Crippen molar-refractivity contribution in [2.24, 2.45) is 4.99 Å². The van der Waals surface area contributed by atoms with Crippen LogP contribution in [0.25, 0.3) is 11.8 Å². The van der Waals surface area contributed by atoms with Crippen molar-refractivity contribution in [3.05, 3.63) is 148 Å². The van der Waals surface area contributed by atoms with Crippen LogP contribution >= 0.6 is 34.5 Å². The smallest absolute Gasteiger partial charge is 0.338 e. The first kappa shape index (κ1) is 31.6. The van der Waals surface area contributed by atoms with Gasteiger partial charge in [-0.25, -0.2) is 9.79 Å². The molecule has 6 rings (SSSR count). The Bertz CT molecular complexity index is 2160. The number of methoxy groups -OCH3 is 1. The molecule has 0 spiro atoms. The summed E-state index contributed by atoms with van der Waals surface area (Å²) in [7, 11) is 1.35. The molecule has 3 heterocycles. The van der Waals surface area contributed by atoms with Gasteiger partial charge < -0.3 is 14.0 Å². The zero-order valence-corrected chi connectivity index (χ0v) is 28.0. The van der Waals surface area contributed by atoms with Crippen LogP contribution in [0.2, 0.25) is 10.0 Å². The molecule has 46 heavy (non-hydrogen) atoms. The molecule has 3 aromatic carbocycles. The van der Waals surface area contributed by atoms with Gasteiger partial charge in [0.05, 0.1) is 39.0 Å². The van der Waals surface area contributed by atoms with Crippen molar-refractivity contribution in [2.45, 2.75) is 39.8 Å². The zero-order valence-electron chi connectivity index (χ0n) is 25.7. The summed E-state index contributed by atoms with van der Waals surface area (Å²) in [4.78, 5) is 32.4. The Hall–Kier alpha value is -4.37. The van der Waals surface area contributed by atoms with Gasteiger partial charge in [-0.05, 0) is 85.5 Å². The molecule has 7 nitrogen and oxygen atoms in total. The molecule has 1 atom stereocenters. The van der Waals surface area contributed by atoms with E-state index in [1.807, 2.05) is 87.5 Å². The minimum atomic E-state index is -0.633. The normalized spacial score (nSPS) is 14.7. The summed E-state index contributed by atoms with van der Waals surface area (Å²) >= 11 is 13.5. The third-order valence-electron chi connectivity index (χ3n) is 8.01. The maximum Gasteiger partial charge on any atom is 0.338 e. The molecule has 1 aliphatic rings. The molecular weight excluding hydrogens is 641 g/mol. The van der Waals surface area contributed by atoms with Crippen molar-refractivity contribution in [1.82, 2.24) is 9.13 Å². The Balaban J connectivity index is 1.34. The van der Waals surface area contributed by atoms with Gasteiger partial charge in [-0.2, -0.15) is 0 Å². The van der Waals surface area contributed by atoms with E-state index in [0.717, 1.165) is 39.5 Å². The minimum Gasteiger partial charge on any atom is -0.489 e. The van der Waals surface area contributed by atoms with Gasteiger partial charge in [0.25, 0.3) is 5.56 Å². The number of esters is 1. The van der Waals surface area contributed by atoms with E-state index >= 15 is 0 Å². The van der Waals surface area contributed by atoms with Crippen LogP contribution in [-0.4, -0.2) is 22.2 Å². The minimum absolute atomic E-state index is 0.206. The lowest BCUT2D eigenvalue weighted by Gasteiger charge is -2.25. The van der Waals surface area contributed by atoms with Gasteiger partial charge in [-0.1, -0.05) is 77.9 Å². The van der Waals surface area contributed by atoms with E-state index in [1.165, 1.54) is 18.4 Å². The fraction of sp³-hybridized carbons (Fsp3) is 0.194. The molecule has 10 heteroatoms. The fourth-order valence-corrected chi connectivity index (χ4v) is 7.11. The van der Waals surface area contributed by atoms with Gasteiger partial charge in [-0.3, -0.25) is 9.36 Å². The number of fused-ring (bicyclic) bond motifs is 1. The van der Waals surface area contributed by atoms with Gasteiger partial charge in [0.1, 0.15) is 12.4 Å². The lowest BCUT2D eigenvalue weighted by atomic mass is 9.95. The number of rotatable bonds is 8. The van der Waals surface area contributed by atoms with Crippen LogP contribution in [0.5, 0.6) is 5.75 Å². The van der Waals surface area contributed by atoms with Gasteiger partial charge in [-0.15, -0.1) is 0 Å². The van der Waals surface area contributed by atoms with Crippen LogP contribution in [0.15, 0.2) is 99.9 Å². The standard InChI is InChI=1S/C36H31Cl2N3O4S/c1-5-30-32(35(43)44-4)33(24-9-7-6-8-10-24)41-34(42)31(46-36(41)39-30)19-25-17-21(2)40(22(25)3)26-12-14-27(15-13-26)45-20-23-11-16-28(37)29(38)18-23/h6-19,33H,5,20H2,1-4H3/b31-19+/t33-/m0/s1. The van der Waals surface area contributed by atoms with Crippen LogP contribution in [0.4, 0.5) is 0 Å². The van der Waals surface area contributed by atoms with Crippen LogP contribution < -0.4 is 19.6 Å². The molecule has 1 aliphatic heterocycles. The van der Waals surface area contributed by atoms with E-state index in [2.05, 4.69) is 10.6 Å². The molecule has 0 amide bonds. The summed E-state index contributed by atoms with van der Waals surface area (Å²) in [6.07, 6.45) is 2.44. The second-order valence-corrected chi connectivity index (χ2v) is 12.7. The highest BCUT2D eigenvalue weighted by Crippen LogP contribution is 2.32. The lowest BCUT2D eigenvalue weighted by Crippen LogP contribution is -2.40. The van der Waals surface area contributed by atoms with Gasteiger partial charge in [0.2, 0.25) is 0 Å². The number of carbonyl (C=O) groups is 1. The molecule has 0 fully saturated rings. The Morgan fingerprint density at radius 1 is 1.00 bits per heavy atom. The highest BCUT2D eigenvalue weighted by atomic mass is 35.5. The first-order valence-corrected chi connectivity index (χ1v) is 16.3. The third kappa shape index (κ3) is 5.96. The summed E-state index contributed by atoms with van der Waals surface area (Å²) < 4.78 is 15.4. The highest BCUT2D eigenvalue weighted by molar-refractivity contribution is 7.07. The predicted octanol–water partition coefficient (Wildman–Crippen LogP) is 7.09. The quantitative estimate of drug-likeness (QED) is 0.165. The molecule has 0 radical (unpaired) electrons. The Morgan fingerprint density at radius 3 is 2.41 bits per heavy atom. The number of aromatic nitrogens is 2. The topological polar surface area (TPSA) is 74.8 Å². The third-order valence-corrected chi connectivity index (χ3v) is 9.73. The maximum absolute atomic E-state index is 14.0. The van der Waals surface area contributed by atoms with E-state index in [4.69, 9.17) is 37.7 Å². The second kappa shape index (κ2) is 13.2. The first-order valence-electron chi connectivity index (χ1n) is 14.7.